The minimum Gasteiger partial charge on any atom is -0.352 e. The third-order valence-corrected chi connectivity index (χ3v) is 6.67. The lowest BCUT2D eigenvalue weighted by atomic mass is 9.85. The van der Waals surface area contributed by atoms with Crippen molar-refractivity contribution in [3.05, 3.63) is 34.9 Å². The Morgan fingerprint density at radius 1 is 1.17 bits per heavy atom. The van der Waals surface area contributed by atoms with E-state index >= 15 is 0 Å². The molecule has 1 saturated heterocycles. The van der Waals surface area contributed by atoms with Gasteiger partial charge in [0.25, 0.3) is 0 Å². The van der Waals surface area contributed by atoms with Crippen molar-refractivity contribution in [2.24, 2.45) is 10.8 Å². The second-order valence-electron chi connectivity index (χ2n) is 8.03. The quantitative estimate of drug-likeness (QED) is 0.879. The molecule has 1 spiro atoms. The molecule has 24 heavy (non-hydrogen) atoms. The van der Waals surface area contributed by atoms with E-state index in [9.17, 15) is 4.79 Å². The predicted molar refractivity (Wildman–Crippen MR) is 99.4 cm³/mol. The molecule has 2 aliphatic carbocycles. The number of fused-ring (bicyclic) bond motifs is 1. The molecule has 1 heterocycles. The maximum atomic E-state index is 12.7. The number of piperidine rings is 1. The number of rotatable bonds is 3. The summed E-state index contributed by atoms with van der Waals surface area (Å²) >= 11 is 0. The second-order valence-corrected chi connectivity index (χ2v) is 8.03. The van der Waals surface area contributed by atoms with Crippen LogP contribution in [0.25, 0.3) is 0 Å². The molecule has 1 atom stereocenters. The summed E-state index contributed by atoms with van der Waals surface area (Å²) in [7, 11) is 0. The Labute approximate surface area is 151 Å². The molecule has 132 valence electrons. The SMILES string of the molecule is CC1(C(=O)NCc2ccc3c(c2)CCCC3)CC12CCNCC2.Cl. The van der Waals surface area contributed by atoms with Gasteiger partial charge in [-0.3, -0.25) is 4.79 Å². The van der Waals surface area contributed by atoms with Crippen molar-refractivity contribution in [2.45, 2.75) is 58.4 Å². The number of hydrogen-bond acceptors (Lipinski definition) is 2. The molecule has 0 radical (unpaired) electrons. The lowest BCUT2D eigenvalue weighted by molar-refractivity contribution is -0.127. The van der Waals surface area contributed by atoms with Crippen molar-refractivity contribution in [1.29, 1.82) is 0 Å². The molecule has 1 amide bonds. The molecular weight excluding hydrogens is 320 g/mol. The minimum absolute atomic E-state index is 0. The summed E-state index contributed by atoms with van der Waals surface area (Å²) in [5.41, 5.74) is 4.40. The summed E-state index contributed by atoms with van der Waals surface area (Å²) in [6, 6.07) is 6.77. The highest BCUT2D eigenvalue weighted by atomic mass is 35.5. The molecule has 1 aromatic rings. The van der Waals surface area contributed by atoms with Gasteiger partial charge in [-0.25, -0.2) is 0 Å². The van der Waals surface area contributed by atoms with E-state index in [2.05, 4.69) is 35.8 Å². The van der Waals surface area contributed by atoms with Gasteiger partial charge in [0.15, 0.2) is 0 Å². The normalized spacial score (nSPS) is 27.0. The molecule has 1 unspecified atom stereocenters. The predicted octanol–water partition coefficient (Wildman–Crippen LogP) is 3.38. The summed E-state index contributed by atoms with van der Waals surface area (Å²) in [6.07, 6.45) is 8.40. The molecule has 3 nitrogen and oxygen atoms in total. The fourth-order valence-electron chi connectivity index (χ4n) is 4.86. The van der Waals surface area contributed by atoms with Crippen molar-refractivity contribution in [3.8, 4) is 0 Å². The smallest absolute Gasteiger partial charge is 0.226 e. The van der Waals surface area contributed by atoms with Crippen molar-refractivity contribution >= 4 is 18.3 Å². The van der Waals surface area contributed by atoms with Gasteiger partial charge >= 0.3 is 0 Å². The fraction of sp³-hybridized carbons (Fsp3) is 0.650. The van der Waals surface area contributed by atoms with E-state index in [4.69, 9.17) is 0 Å². The van der Waals surface area contributed by atoms with E-state index in [1.165, 1.54) is 42.4 Å². The summed E-state index contributed by atoms with van der Waals surface area (Å²) < 4.78 is 0. The largest absolute Gasteiger partial charge is 0.352 e. The van der Waals surface area contributed by atoms with Gasteiger partial charge in [-0.1, -0.05) is 25.1 Å². The summed E-state index contributed by atoms with van der Waals surface area (Å²) in [5.74, 6) is 0.261. The number of amides is 1. The Kier molecular flexibility index (Phi) is 4.94. The summed E-state index contributed by atoms with van der Waals surface area (Å²) in [5, 5.41) is 6.63. The molecule has 1 aromatic carbocycles. The minimum atomic E-state index is -0.136. The van der Waals surface area contributed by atoms with Crippen LogP contribution >= 0.6 is 12.4 Å². The van der Waals surface area contributed by atoms with Gasteiger partial charge in [0.2, 0.25) is 5.91 Å². The van der Waals surface area contributed by atoms with Crippen LogP contribution < -0.4 is 10.6 Å². The van der Waals surface area contributed by atoms with Crippen LogP contribution in [0.5, 0.6) is 0 Å². The van der Waals surface area contributed by atoms with Crippen LogP contribution in [0.15, 0.2) is 18.2 Å². The van der Waals surface area contributed by atoms with Crippen molar-refractivity contribution in [1.82, 2.24) is 10.6 Å². The topological polar surface area (TPSA) is 41.1 Å². The van der Waals surface area contributed by atoms with Crippen LogP contribution in [-0.4, -0.2) is 19.0 Å². The van der Waals surface area contributed by atoms with Gasteiger partial charge in [-0.15, -0.1) is 12.4 Å². The third-order valence-electron chi connectivity index (χ3n) is 6.67. The molecule has 2 N–H and O–H groups in total. The van der Waals surface area contributed by atoms with Crippen molar-refractivity contribution < 1.29 is 4.79 Å². The number of carbonyl (C=O) groups excluding carboxylic acids is 1. The molecule has 4 heteroatoms. The van der Waals surface area contributed by atoms with Crippen molar-refractivity contribution in [2.75, 3.05) is 13.1 Å². The molecule has 0 bridgehead atoms. The molecule has 0 aromatic heterocycles. The first kappa shape index (κ1) is 17.8. The first-order valence-electron chi connectivity index (χ1n) is 9.23. The highest BCUT2D eigenvalue weighted by Crippen LogP contribution is 2.68. The molecule has 3 aliphatic rings. The lowest BCUT2D eigenvalue weighted by Crippen LogP contribution is -2.38. The fourth-order valence-corrected chi connectivity index (χ4v) is 4.86. The zero-order chi connectivity index (χ0) is 15.9. The van der Waals surface area contributed by atoms with Crippen LogP contribution in [0.1, 0.15) is 55.7 Å². The van der Waals surface area contributed by atoms with E-state index in [1.54, 1.807) is 0 Å². The van der Waals surface area contributed by atoms with E-state index in [-0.39, 0.29) is 29.1 Å². The van der Waals surface area contributed by atoms with Crippen LogP contribution in [0.3, 0.4) is 0 Å². The van der Waals surface area contributed by atoms with Gasteiger partial charge in [0.05, 0.1) is 5.41 Å². The molecule has 1 saturated carbocycles. The van der Waals surface area contributed by atoms with E-state index < -0.39 is 0 Å². The van der Waals surface area contributed by atoms with E-state index in [1.807, 2.05) is 0 Å². The number of carbonyl (C=O) groups is 1. The highest BCUT2D eigenvalue weighted by molar-refractivity contribution is 5.86. The standard InChI is InChI=1S/C20H28N2O.ClH/c1-19(14-20(19)8-10-21-11-9-20)18(23)22-13-15-6-7-16-4-2-3-5-17(16)12-15;/h6-7,12,21H,2-5,8-11,13-14H2,1H3,(H,22,23);1H. The van der Waals surface area contributed by atoms with Gasteiger partial charge < -0.3 is 10.6 Å². The first-order valence-corrected chi connectivity index (χ1v) is 9.23. The van der Waals surface area contributed by atoms with E-state index in [0.29, 0.717) is 6.54 Å². The number of halogens is 1. The Balaban J connectivity index is 0.00000169. The molecule has 4 rings (SSSR count). The summed E-state index contributed by atoms with van der Waals surface area (Å²) in [6.45, 7) is 4.97. The van der Waals surface area contributed by atoms with Gasteiger partial charge in [-0.05, 0) is 80.1 Å². The number of benzene rings is 1. The zero-order valence-corrected chi connectivity index (χ0v) is 15.4. The maximum Gasteiger partial charge on any atom is 0.226 e. The second kappa shape index (κ2) is 6.68. The van der Waals surface area contributed by atoms with Crippen molar-refractivity contribution in [3.63, 3.8) is 0 Å². The Hall–Kier alpha value is -1.06. The summed E-state index contributed by atoms with van der Waals surface area (Å²) in [4.78, 5) is 12.7. The Morgan fingerprint density at radius 2 is 1.88 bits per heavy atom. The number of nitrogens with one attached hydrogen (secondary N) is 2. The highest BCUT2D eigenvalue weighted by Gasteiger charge is 2.67. The van der Waals surface area contributed by atoms with Crippen LogP contribution in [0, 0.1) is 10.8 Å². The zero-order valence-electron chi connectivity index (χ0n) is 14.6. The number of aryl methyl sites for hydroxylation is 2. The van der Waals surface area contributed by atoms with Gasteiger partial charge in [0.1, 0.15) is 0 Å². The maximum absolute atomic E-state index is 12.7. The monoisotopic (exact) mass is 348 g/mol. The Morgan fingerprint density at radius 3 is 2.62 bits per heavy atom. The molecule has 2 fully saturated rings. The lowest BCUT2D eigenvalue weighted by Gasteiger charge is -2.27. The average Bonchev–Trinajstić information content (AvgIpc) is 3.17. The third kappa shape index (κ3) is 2.97. The molecule has 1 aliphatic heterocycles. The van der Waals surface area contributed by atoms with Crippen LogP contribution in [-0.2, 0) is 24.2 Å². The number of hydrogen-bond donors (Lipinski definition) is 2. The van der Waals surface area contributed by atoms with Crippen LogP contribution in [0.2, 0.25) is 0 Å². The van der Waals surface area contributed by atoms with Gasteiger partial charge in [0, 0.05) is 6.54 Å². The molecular formula is C20H29ClN2O. The average molecular weight is 349 g/mol. The first-order chi connectivity index (χ1) is 11.1. The van der Waals surface area contributed by atoms with Gasteiger partial charge in [-0.2, -0.15) is 0 Å². The Bertz CT molecular complexity index is 624. The van der Waals surface area contributed by atoms with Crippen LogP contribution in [0.4, 0.5) is 0 Å². The van der Waals surface area contributed by atoms with E-state index in [0.717, 1.165) is 32.4 Å².